The fraction of sp³-hybridized carbons (Fsp3) is 0.902. The average Bonchev–Trinajstić information content (AvgIpc) is 3.33. The summed E-state index contributed by atoms with van der Waals surface area (Å²) in [4.78, 5) is 24.5. The van der Waals surface area contributed by atoms with Crippen LogP contribution in [0.25, 0.3) is 0 Å². The quantitative estimate of drug-likeness (QED) is 0.0321. The minimum Gasteiger partial charge on any atom is -0.466 e. The SMILES string of the molecule is CCCCCCCCC/C=C\CCCCCCCC(=O)OCCCCCCCCCC/C=C\CCCCCCCCCC(=O)NC(CO)C(O)CCCCCCCCCCCCCCCCC. The largest absolute Gasteiger partial charge is 0.466 e. The molecule has 0 saturated carbocycles. The van der Waals surface area contributed by atoms with Gasteiger partial charge in [0.1, 0.15) is 0 Å². The molecule has 0 aromatic heterocycles. The van der Waals surface area contributed by atoms with Gasteiger partial charge < -0.3 is 20.3 Å². The zero-order valence-corrected chi connectivity index (χ0v) is 45.1. The van der Waals surface area contributed by atoms with Crippen molar-refractivity contribution in [3.05, 3.63) is 24.3 Å². The van der Waals surface area contributed by atoms with E-state index in [1.165, 1.54) is 250 Å². The topological polar surface area (TPSA) is 95.9 Å². The number of carbonyl (C=O) groups is 2. The van der Waals surface area contributed by atoms with Gasteiger partial charge in [-0.1, -0.05) is 263 Å². The Hall–Kier alpha value is -1.66. The maximum atomic E-state index is 12.5. The molecule has 0 aromatic rings. The van der Waals surface area contributed by atoms with Gasteiger partial charge in [0.05, 0.1) is 25.4 Å². The van der Waals surface area contributed by atoms with Crippen molar-refractivity contribution in [3.8, 4) is 0 Å². The first kappa shape index (κ1) is 65.3. The Kier molecular flexibility index (Phi) is 55.5. The van der Waals surface area contributed by atoms with Gasteiger partial charge in [-0.05, 0) is 77.0 Å². The zero-order valence-electron chi connectivity index (χ0n) is 45.1. The number of amides is 1. The molecule has 0 bridgehead atoms. The Balaban J connectivity index is 3.43. The summed E-state index contributed by atoms with van der Waals surface area (Å²) < 4.78 is 5.48. The van der Waals surface area contributed by atoms with E-state index < -0.39 is 12.1 Å². The molecule has 0 radical (unpaired) electrons. The Bertz CT molecular complexity index is 1040. The summed E-state index contributed by atoms with van der Waals surface area (Å²) >= 11 is 0. The highest BCUT2D eigenvalue weighted by atomic mass is 16.5. The van der Waals surface area contributed by atoms with Crippen molar-refractivity contribution in [3.63, 3.8) is 0 Å². The average molecular weight is 945 g/mol. The highest BCUT2D eigenvalue weighted by Gasteiger charge is 2.20. The molecule has 0 aromatic carbocycles. The first-order valence-corrected chi connectivity index (χ1v) is 30.1. The van der Waals surface area contributed by atoms with E-state index >= 15 is 0 Å². The number of unbranched alkanes of at least 4 members (excludes halogenated alkanes) is 41. The number of hydrogen-bond acceptors (Lipinski definition) is 5. The molecule has 0 aliphatic rings. The van der Waals surface area contributed by atoms with Gasteiger partial charge in [-0.15, -0.1) is 0 Å². The highest BCUT2D eigenvalue weighted by molar-refractivity contribution is 5.76. The molecule has 6 nitrogen and oxygen atoms in total. The van der Waals surface area contributed by atoms with Gasteiger partial charge in [-0.3, -0.25) is 9.59 Å². The van der Waals surface area contributed by atoms with Crippen molar-refractivity contribution in [1.82, 2.24) is 5.32 Å². The van der Waals surface area contributed by atoms with Crippen molar-refractivity contribution >= 4 is 11.9 Å². The molecule has 3 N–H and O–H groups in total. The maximum Gasteiger partial charge on any atom is 0.305 e. The number of aliphatic hydroxyl groups excluding tert-OH is 2. The lowest BCUT2D eigenvalue weighted by atomic mass is 10.0. The number of esters is 1. The third-order valence-electron chi connectivity index (χ3n) is 14.0. The molecule has 396 valence electrons. The van der Waals surface area contributed by atoms with Crippen molar-refractivity contribution in [1.29, 1.82) is 0 Å². The van der Waals surface area contributed by atoms with Crippen LogP contribution in [0, 0.1) is 0 Å². The number of aliphatic hydroxyl groups is 2. The Morgan fingerprint density at radius 3 is 1.06 bits per heavy atom. The monoisotopic (exact) mass is 944 g/mol. The van der Waals surface area contributed by atoms with Crippen molar-refractivity contribution in [2.45, 2.75) is 341 Å². The predicted octanol–water partition coefficient (Wildman–Crippen LogP) is 18.6. The number of hydrogen-bond donors (Lipinski definition) is 3. The van der Waals surface area contributed by atoms with Crippen LogP contribution in [0.2, 0.25) is 0 Å². The number of allylic oxidation sites excluding steroid dienone is 4. The lowest BCUT2D eigenvalue weighted by Gasteiger charge is -2.22. The van der Waals surface area contributed by atoms with Gasteiger partial charge in [-0.25, -0.2) is 0 Å². The fourth-order valence-electron chi connectivity index (χ4n) is 9.34. The summed E-state index contributed by atoms with van der Waals surface area (Å²) in [7, 11) is 0. The Morgan fingerprint density at radius 1 is 0.403 bits per heavy atom. The van der Waals surface area contributed by atoms with E-state index in [9.17, 15) is 19.8 Å². The Morgan fingerprint density at radius 2 is 0.701 bits per heavy atom. The van der Waals surface area contributed by atoms with E-state index in [1.807, 2.05) is 0 Å². The minimum absolute atomic E-state index is 0.00308. The lowest BCUT2D eigenvalue weighted by molar-refractivity contribution is -0.143. The molecule has 1 amide bonds. The number of rotatable bonds is 56. The van der Waals surface area contributed by atoms with Crippen LogP contribution in [0.4, 0.5) is 0 Å². The summed E-state index contributed by atoms with van der Waals surface area (Å²) in [6.45, 7) is 4.95. The second-order valence-electron chi connectivity index (χ2n) is 20.7. The molecule has 0 saturated heterocycles. The summed E-state index contributed by atoms with van der Waals surface area (Å²) in [6.07, 6.45) is 68.9. The van der Waals surface area contributed by atoms with Gasteiger partial charge >= 0.3 is 5.97 Å². The summed E-state index contributed by atoms with van der Waals surface area (Å²) in [5.41, 5.74) is 0. The van der Waals surface area contributed by atoms with E-state index in [0.29, 0.717) is 25.9 Å². The van der Waals surface area contributed by atoms with E-state index in [0.717, 1.165) is 44.9 Å². The number of carbonyl (C=O) groups excluding carboxylic acids is 2. The van der Waals surface area contributed by atoms with Gasteiger partial charge in [0, 0.05) is 12.8 Å². The van der Waals surface area contributed by atoms with Gasteiger partial charge in [0.25, 0.3) is 0 Å². The van der Waals surface area contributed by atoms with Crippen LogP contribution in [-0.2, 0) is 14.3 Å². The van der Waals surface area contributed by atoms with Crippen molar-refractivity contribution in [2.75, 3.05) is 13.2 Å². The zero-order chi connectivity index (χ0) is 48.6. The lowest BCUT2D eigenvalue weighted by Crippen LogP contribution is -2.45. The maximum absolute atomic E-state index is 12.5. The molecule has 2 unspecified atom stereocenters. The van der Waals surface area contributed by atoms with Crippen LogP contribution in [0.15, 0.2) is 24.3 Å². The fourth-order valence-corrected chi connectivity index (χ4v) is 9.34. The van der Waals surface area contributed by atoms with Crippen LogP contribution < -0.4 is 5.32 Å². The first-order valence-electron chi connectivity index (χ1n) is 30.1. The third kappa shape index (κ3) is 53.5. The standard InChI is InChI=1S/C61H117NO5/c1-3-5-7-9-11-13-15-17-19-27-31-35-39-43-47-51-55-61(66)67-56-52-48-44-40-36-32-28-24-22-20-21-23-26-30-34-38-42-46-50-54-60(65)62-58(57-63)59(64)53-49-45-41-37-33-29-25-18-16-14-12-10-8-6-4-2/h19-21,27,58-59,63-64H,3-18,22-26,28-57H2,1-2H3,(H,62,65)/b21-20-,27-19-. The molecule has 2 atom stereocenters. The molecule has 0 spiro atoms. The van der Waals surface area contributed by atoms with Crippen LogP contribution in [0.3, 0.4) is 0 Å². The first-order chi connectivity index (χ1) is 33.0. The number of nitrogens with one attached hydrogen (secondary N) is 1. The van der Waals surface area contributed by atoms with Crippen molar-refractivity contribution in [2.24, 2.45) is 0 Å². The van der Waals surface area contributed by atoms with E-state index in [1.54, 1.807) is 0 Å². The summed E-state index contributed by atoms with van der Waals surface area (Å²) in [5.74, 6) is -0.0463. The molecular weight excluding hydrogens is 827 g/mol. The number of ether oxygens (including phenoxy) is 1. The van der Waals surface area contributed by atoms with E-state index in [-0.39, 0.29) is 18.5 Å². The predicted molar refractivity (Wildman–Crippen MR) is 292 cm³/mol. The van der Waals surface area contributed by atoms with E-state index in [2.05, 4.69) is 43.5 Å². The van der Waals surface area contributed by atoms with Crippen LogP contribution >= 0.6 is 0 Å². The van der Waals surface area contributed by atoms with Crippen LogP contribution in [0.5, 0.6) is 0 Å². The van der Waals surface area contributed by atoms with Gasteiger partial charge in [0.15, 0.2) is 0 Å². The minimum atomic E-state index is -0.670. The Labute approximate surface area is 418 Å². The second kappa shape index (κ2) is 56.9. The van der Waals surface area contributed by atoms with Crippen LogP contribution in [-0.4, -0.2) is 47.4 Å². The molecular formula is C61H117NO5. The normalized spacial score (nSPS) is 12.7. The van der Waals surface area contributed by atoms with Crippen molar-refractivity contribution < 1.29 is 24.5 Å². The third-order valence-corrected chi connectivity index (χ3v) is 14.0. The molecule has 0 aliphatic heterocycles. The summed E-state index contributed by atoms with van der Waals surface area (Å²) in [6, 6.07) is -0.548. The van der Waals surface area contributed by atoms with Crippen LogP contribution in [0.1, 0.15) is 328 Å². The molecule has 67 heavy (non-hydrogen) atoms. The molecule has 0 fully saturated rings. The molecule has 0 heterocycles. The molecule has 0 rings (SSSR count). The second-order valence-corrected chi connectivity index (χ2v) is 20.7. The highest BCUT2D eigenvalue weighted by Crippen LogP contribution is 2.17. The smallest absolute Gasteiger partial charge is 0.305 e. The van der Waals surface area contributed by atoms with Gasteiger partial charge in [-0.2, -0.15) is 0 Å². The van der Waals surface area contributed by atoms with Gasteiger partial charge in [0.2, 0.25) is 5.91 Å². The van der Waals surface area contributed by atoms with E-state index in [4.69, 9.17) is 4.74 Å². The molecule has 6 heteroatoms. The summed E-state index contributed by atoms with van der Waals surface area (Å²) in [5, 5.41) is 23.3. The molecule has 0 aliphatic carbocycles.